The minimum absolute atomic E-state index is 0.00595. The number of carbonyl (C=O) groups is 1. The van der Waals surface area contributed by atoms with Crippen LogP contribution in [0.3, 0.4) is 0 Å². The molecule has 1 aliphatic rings. The van der Waals surface area contributed by atoms with Gasteiger partial charge in [0.15, 0.2) is 0 Å². The third kappa shape index (κ3) is 4.87. The predicted molar refractivity (Wildman–Crippen MR) is 106 cm³/mol. The number of ether oxygens (including phenoxy) is 2. The highest BCUT2D eigenvalue weighted by Crippen LogP contribution is 2.41. The number of halogens is 1. The van der Waals surface area contributed by atoms with E-state index in [9.17, 15) is 9.90 Å². The van der Waals surface area contributed by atoms with Crippen molar-refractivity contribution in [3.05, 3.63) is 50.9 Å². The molecule has 3 atom stereocenters. The molecule has 0 bridgehead atoms. The maximum atomic E-state index is 12.6. The zero-order valence-electron chi connectivity index (χ0n) is 15.1. The first-order valence-corrected chi connectivity index (χ1v) is 10.5. The van der Waals surface area contributed by atoms with Crippen LogP contribution in [0.15, 0.2) is 40.3 Å². The minimum atomic E-state index is -0.820. The Hall–Kier alpha value is -1.48. The van der Waals surface area contributed by atoms with Crippen molar-refractivity contribution < 1.29 is 19.4 Å². The van der Waals surface area contributed by atoms with Crippen molar-refractivity contribution in [3.8, 4) is 0 Å². The molecule has 1 fully saturated rings. The van der Waals surface area contributed by atoms with E-state index in [1.807, 2.05) is 42.6 Å². The topological polar surface area (TPSA) is 80.7 Å². The molecule has 0 radical (unpaired) electrons. The minimum Gasteiger partial charge on any atom is -0.445 e. The molecule has 0 aliphatic carbocycles. The van der Waals surface area contributed by atoms with Gasteiger partial charge in [-0.2, -0.15) is 0 Å². The van der Waals surface area contributed by atoms with Crippen molar-refractivity contribution >= 4 is 33.4 Å². The number of hydrogen-bond acceptors (Lipinski definition) is 6. The van der Waals surface area contributed by atoms with Crippen LogP contribution in [0, 0.1) is 5.92 Å². The molecule has 0 saturated carbocycles. The van der Waals surface area contributed by atoms with Crippen LogP contribution in [0.5, 0.6) is 0 Å². The lowest BCUT2D eigenvalue weighted by molar-refractivity contribution is -0.0723. The SMILES string of the molecule is C[C@H]1C[C@@H](CCO)[C@](NC(=O)OCc2ccccc2)(c2nc(Br)cs2)CO1. The average Bonchev–Trinajstić information content (AvgIpc) is 3.10. The van der Waals surface area contributed by atoms with Crippen LogP contribution in [0.2, 0.25) is 0 Å². The summed E-state index contributed by atoms with van der Waals surface area (Å²) in [6.45, 7) is 2.51. The van der Waals surface area contributed by atoms with Crippen molar-refractivity contribution in [2.24, 2.45) is 5.92 Å². The van der Waals surface area contributed by atoms with Gasteiger partial charge in [-0.25, -0.2) is 9.78 Å². The van der Waals surface area contributed by atoms with Crippen LogP contribution in [0.4, 0.5) is 4.79 Å². The van der Waals surface area contributed by atoms with Crippen molar-refractivity contribution in [2.75, 3.05) is 13.2 Å². The summed E-state index contributed by atoms with van der Waals surface area (Å²) in [5, 5.41) is 15.2. The summed E-state index contributed by atoms with van der Waals surface area (Å²) >= 11 is 4.84. The second-order valence-electron chi connectivity index (χ2n) is 6.70. The lowest BCUT2D eigenvalue weighted by Crippen LogP contribution is -2.58. The summed E-state index contributed by atoms with van der Waals surface area (Å²) in [4.78, 5) is 17.2. The highest BCUT2D eigenvalue weighted by atomic mass is 79.9. The Kier molecular flexibility index (Phi) is 6.86. The summed E-state index contributed by atoms with van der Waals surface area (Å²) in [6, 6.07) is 9.53. The smallest absolute Gasteiger partial charge is 0.408 e. The van der Waals surface area contributed by atoms with Gasteiger partial charge in [-0.15, -0.1) is 11.3 Å². The van der Waals surface area contributed by atoms with Crippen molar-refractivity contribution in [1.29, 1.82) is 0 Å². The van der Waals surface area contributed by atoms with Gasteiger partial charge in [0.1, 0.15) is 21.8 Å². The first kappa shape index (κ1) is 20.3. The van der Waals surface area contributed by atoms with Crippen LogP contribution in [0.1, 0.15) is 30.3 Å². The van der Waals surface area contributed by atoms with Crippen LogP contribution in [-0.4, -0.2) is 35.5 Å². The van der Waals surface area contributed by atoms with Crippen molar-refractivity contribution in [2.45, 2.75) is 38.0 Å². The monoisotopic (exact) mass is 454 g/mol. The standard InChI is InChI=1S/C19H23BrN2O4S/c1-13-9-15(7-8-23)19(12-26-13,17-21-16(20)11-27-17)22-18(24)25-10-14-5-3-2-4-6-14/h2-6,11,13,15,23H,7-10,12H2,1H3,(H,22,24)/t13-,15+,19-/m0/s1. The first-order chi connectivity index (χ1) is 13.0. The fraction of sp³-hybridized carbons (Fsp3) is 0.474. The number of aromatic nitrogens is 1. The van der Waals surface area contributed by atoms with Crippen LogP contribution >= 0.6 is 27.3 Å². The number of nitrogens with one attached hydrogen (secondary N) is 1. The van der Waals surface area contributed by atoms with Gasteiger partial charge in [-0.3, -0.25) is 0 Å². The summed E-state index contributed by atoms with van der Waals surface area (Å²) < 4.78 is 12.0. The highest BCUT2D eigenvalue weighted by molar-refractivity contribution is 9.10. The predicted octanol–water partition coefficient (Wildman–Crippen LogP) is 3.83. The third-order valence-electron chi connectivity index (χ3n) is 4.78. The molecule has 8 heteroatoms. The molecule has 0 unspecified atom stereocenters. The van der Waals surface area contributed by atoms with Crippen LogP contribution in [-0.2, 0) is 21.6 Å². The molecule has 2 aromatic rings. The molecule has 2 N–H and O–H groups in total. The Bertz CT molecular complexity index is 757. The first-order valence-electron chi connectivity index (χ1n) is 8.86. The molecule has 146 valence electrons. The highest BCUT2D eigenvalue weighted by Gasteiger charge is 2.48. The van der Waals surface area contributed by atoms with E-state index in [4.69, 9.17) is 9.47 Å². The second-order valence-corrected chi connectivity index (χ2v) is 8.37. The molecule has 1 aromatic heterocycles. The number of rotatable bonds is 6. The van der Waals surface area contributed by atoms with E-state index in [1.54, 1.807) is 0 Å². The Balaban J connectivity index is 1.80. The van der Waals surface area contributed by atoms with Crippen molar-refractivity contribution in [3.63, 3.8) is 0 Å². The van der Waals surface area contributed by atoms with Crippen LogP contribution in [0.25, 0.3) is 0 Å². The largest absolute Gasteiger partial charge is 0.445 e. The molecule has 1 amide bonds. The van der Waals surface area contributed by atoms with Gasteiger partial charge in [-0.1, -0.05) is 30.3 Å². The number of aliphatic hydroxyl groups is 1. The van der Waals surface area contributed by atoms with Gasteiger partial charge < -0.3 is 19.9 Å². The zero-order valence-corrected chi connectivity index (χ0v) is 17.5. The number of nitrogens with zero attached hydrogens (tertiary/aromatic N) is 1. The average molecular weight is 455 g/mol. The van der Waals surface area contributed by atoms with E-state index < -0.39 is 11.6 Å². The molecule has 1 aromatic carbocycles. The number of hydrogen-bond donors (Lipinski definition) is 2. The molecule has 3 rings (SSSR count). The fourth-order valence-corrected chi connectivity index (χ4v) is 4.88. The van der Waals surface area contributed by atoms with E-state index >= 15 is 0 Å². The Morgan fingerprint density at radius 2 is 2.26 bits per heavy atom. The quantitative estimate of drug-likeness (QED) is 0.692. The summed E-state index contributed by atoms with van der Waals surface area (Å²) in [7, 11) is 0. The third-order valence-corrected chi connectivity index (χ3v) is 6.51. The van der Waals surface area contributed by atoms with E-state index in [1.165, 1.54) is 11.3 Å². The Labute approximate surface area is 171 Å². The van der Waals surface area contributed by atoms with Crippen LogP contribution < -0.4 is 5.32 Å². The van der Waals surface area contributed by atoms with Gasteiger partial charge >= 0.3 is 6.09 Å². The number of aliphatic hydroxyl groups excluding tert-OH is 1. The van der Waals surface area contributed by atoms with E-state index in [0.29, 0.717) is 17.6 Å². The normalized spacial score (nSPS) is 25.1. The van der Waals surface area contributed by atoms with E-state index in [2.05, 4.69) is 26.2 Å². The summed E-state index contributed by atoms with van der Waals surface area (Å²) in [6.07, 6.45) is 0.798. The molecule has 2 heterocycles. The Morgan fingerprint density at radius 3 is 2.93 bits per heavy atom. The van der Waals surface area contributed by atoms with Gasteiger partial charge in [0, 0.05) is 12.0 Å². The number of benzene rings is 1. The second kappa shape index (κ2) is 9.14. The molecular formula is C19H23BrN2O4S. The molecule has 1 saturated heterocycles. The van der Waals surface area contributed by atoms with E-state index in [0.717, 1.165) is 17.0 Å². The number of amides is 1. The summed E-state index contributed by atoms with van der Waals surface area (Å²) in [5.74, 6) is -0.00595. The molecule has 0 spiro atoms. The molecule has 6 nitrogen and oxygen atoms in total. The number of alkyl carbamates (subject to hydrolysis) is 1. The van der Waals surface area contributed by atoms with Gasteiger partial charge in [0.05, 0.1) is 12.7 Å². The summed E-state index contributed by atoms with van der Waals surface area (Å²) in [5.41, 5.74) is 0.0961. The number of carbonyl (C=O) groups excluding carboxylic acids is 1. The molecule has 27 heavy (non-hydrogen) atoms. The Morgan fingerprint density at radius 1 is 1.48 bits per heavy atom. The molecular weight excluding hydrogens is 432 g/mol. The maximum absolute atomic E-state index is 12.6. The van der Waals surface area contributed by atoms with Gasteiger partial charge in [0.2, 0.25) is 0 Å². The van der Waals surface area contributed by atoms with Crippen molar-refractivity contribution in [1.82, 2.24) is 10.3 Å². The maximum Gasteiger partial charge on any atom is 0.408 e. The number of thiazole rings is 1. The lowest BCUT2D eigenvalue weighted by atomic mass is 9.77. The van der Waals surface area contributed by atoms with Gasteiger partial charge in [-0.05, 0) is 47.2 Å². The van der Waals surface area contributed by atoms with E-state index in [-0.39, 0.29) is 25.2 Å². The lowest BCUT2D eigenvalue weighted by Gasteiger charge is -2.44. The fourth-order valence-electron chi connectivity index (χ4n) is 3.41. The van der Waals surface area contributed by atoms with Gasteiger partial charge in [0.25, 0.3) is 0 Å². The molecule has 1 aliphatic heterocycles. The zero-order chi connectivity index (χ0) is 19.3.